The molecule has 0 saturated heterocycles. The van der Waals surface area contributed by atoms with Crippen LogP contribution in [0.15, 0.2) is 36.4 Å². The van der Waals surface area contributed by atoms with Crippen molar-refractivity contribution < 1.29 is 9.66 Å². The fourth-order valence-corrected chi connectivity index (χ4v) is 2.09. The smallest absolute Gasteiger partial charge is 0.312 e. The van der Waals surface area contributed by atoms with Gasteiger partial charge in [-0.1, -0.05) is 23.7 Å². The van der Waals surface area contributed by atoms with Crippen molar-refractivity contribution >= 4 is 17.3 Å². The molecule has 0 atom stereocenters. The number of halogens is 1. The second kappa shape index (κ2) is 6.25. The maximum Gasteiger partial charge on any atom is 0.312 e. The summed E-state index contributed by atoms with van der Waals surface area (Å²) in [7, 11) is 0. The molecule has 0 N–H and O–H groups in total. The molecule has 0 spiro atoms. The number of nitro groups is 1. The molecule has 0 aliphatic rings. The van der Waals surface area contributed by atoms with Gasteiger partial charge in [-0.15, -0.1) is 0 Å². The van der Waals surface area contributed by atoms with E-state index < -0.39 is 4.92 Å². The molecule has 0 radical (unpaired) electrons. The number of ether oxygens (including phenoxy) is 1. The van der Waals surface area contributed by atoms with E-state index in [9.17, 15) is 10.1 Å². The van der Waals surface area contributed by atoms with Crippen molar-refractivity contribution in [3.8, 4) is 11.8 Å². The average Bonchev–Trinajstić information content (AvgIpc) is 2.46. The summed E-state index contributed by atoms with van der Waals surface area (Å²) in [6.07, 6.45) is 0. The van der Waals surface area contributed by atoms with E-state index >= 15 is 0 Å². The van der Waals surface area contributed by atoms with Crippen LogP contribution in [0.1, 0.15) is 16.7 Å². The molecule has 0 bridgehead atoms. The second-order valence-electron chi connectivity index (χ2n) is 4.39. The van der Waals surface area contributed by atoms with Gasteiger partial charge in [0.1, 0.15) is 6.61 Å². The van der Waals surface area contributed by atoms with E-state index in [-0.39, 0.29) is 23.1 Å². The Labute approximate surface area is 126 Å². The van der Waals surface area contributed by atoms with Crippen LogP contribution in [-0.2, 0) is 6.61 Å². The molecule has 0 amide bonds. The van der Waals surface area contributed by atoms with Crippen LogP contribution in [0.5, 0.6) is 5.75 Å². The molecule has 106 valence electrons. The number of nitro benzene ring substituents is 1. The van der Waals surface area contributed by atoms with E-state index in [1.807, 2.05) is 6.92 Å². The number of rotatable bonds is 4. The van der Waals surface area contributed by atoms with Crippen molar-refractivity contribution in [3.63, 3.8) is 0 Å². The highest BCUT2D eigenvalue weighted by molar-refractivity contribution is 6.32. The van der Waals surface area contributed by atoms with E-state index in [4.69, 9.17) is 21.6 Å². The van der Waals surface area contributed by atoms with E-state index in [0.717, 1.165) is 11.1 Å². The lowest BCUT2D eigenvalue weighted by atomic mass is 10.1. The van der Waals surface area contributed by atoms with Crippen molar-refractivity contribution in [1.29, 1.82) is 5.26 Å². The van der Waals surface area contributed by atoms with Crippen molar-refractivity contribution in [2.75, 3.05) is 0 Å². The van der Waals surface area contributed by atoms with Gasteiger partial charge < -0.3 is 4.74 Å². The van der Waals surface area contributed by atoms with Gasteiger partial charge in [0.25, 0.3) is 0 Å². The van der Waals surface area contributed by atoms with Crippen LogP contribution in [0, 0.1) is 28.4 Å². The van der Waals surface area contributed by atoms with E-state index in [1.54, 1.807) is 18.2 Å². The Kier molecular flexibility index (Phi) is 4.41. The van der Waals surface area contributed by atoms with Crippen molar-refractivity contribution in [1.82, 2.24) is 0 Å². The Morgan fingerprint density at radius 3 is 2.76 bits per heavy atom. The summed E-state index contributed by atoms with van der Waals surface area (Å²) >= 11 is 5.95. The van der Waals surface area contributed by atoms with Crippen LogP contribution in [-0.4, -0.2) is 4.92 Å². The zero-order valence-electron chi connectivity index (χ0n) is 11.2. The third kappa shape index (κ3) is 3.30. The fraction of sp³-hybridized carbons (Fsp3) is 0.133. The average molecular weight is 303 g/mol. The van der Waals surface area contributed by atoms with Crippen molar-refractivity contribution in [3.05, 3.63) is 68.2 Å². The minimum atomic E-state index is -0.535. The molecule has 0 aromatic heterocycles. The molecular weight excluding hydrogens is 292 g/mol. The Morgan fingerprint density at radius 1 is 1.38 bits per heavy atom. The van der Waals surface area contributed by atoms with Gasteiger partial charge in [0.05, 0.1) is 21.6 Å². The first-order valence-electron chi connectivity index (χ1n) is 6.08. The largest absolute Gasteiger partial charge is 0.481 e. The van der Waals surface area contributed by atoms with Gasteiger partial charge in [0.15, 0.2) is 0 Å². The molecule has 0 aliphatic heterocycles. The van der Waals surface area contributed by atoms with Gasteiger partial charge in [-0.2, -0.15) is 5.26 Å². The van der Waals surface area contributed by atoms with Crippen LogP contribution in [0.4, 0.5) is 5.69 Å². The van der Waals surface area contributed by atoms with Crippen LogP contribution < -0.4 is 4.74 Å². The molecule has 0 fully saturated rings. The Morgan fingerprint density at radius 2 is 2.14 bits per heavy atom. The Bertz CT molecular complexity index is 738. The first kappa shape index (κ1) is 14.8. The third-order valence-electron chi connectivity index (χ3n) is 2.99. The highest BCUT2D eigenvalue weighted by Gasteiger charge is 2.18. The molecule has 0 heterocycles. The summed E-state index contributed by atoms with van der Waals surface area (Å²) in [6, 6.07) is 11.6. The minimum Gasteiger partial charge on any atom is -0.481 e. The quantitative estimate of drug-likeness (QED) is 0.631. The third-order valence-corrected chi connectivity index (χ3v) is 3.28. The van der Waals surface area contributed by atoms with Crippen LogP contribution in [0.25, 0.3) is 0 Å². The summed E-state index contributed by atoms with van der Waals surface area (Å²) < 4.78 is 5.51. The zero-order chi connectivity index (χ0) is 15.4. The van der Waals surface area contributed by atoms with Gasteiger partial charge in [-0.25, -0.2) is 0 Å². The number of nitriles is 1. The SMILES string of the molecule is Cc1cc(C#N)ccc1COc1c(Cl)cccc1[N+](=O)[O-]. The maximum atomic E-state index is 11.0. The molecule has 21 heavy (non-hydrogen) atoms. The highest BCUT2D eigenvalue weighted by atomic mass is 35.5. The molecule has 2 rings (SSSR count). The van der Waals surface area contributed by atoms with Crippen molar-refractivity contribution in [2.45, 2.75) is 13.5 Å². The number of benzene rings is 2. The predicted octanol–water partition coefficient (Wildman–Crippen LogP) is 4.01. The first-order chi connectivity index (χ1) is 10.0. The number of para-hydroxylation sites is 1. The van der Waals surface area contributed by atoms with Gasteiger partial charge in [-0.3, -0.25) is 10.1 Å². The molecule has 6 heteroatoms. The highest BCUT2D eigenvalue weighted by Crippen LogP contribution is 2.35. The van der Waals surface area contributed by atoms with E-state index in [1.165, 1.54) is 18.2 Å². The minimum absolute atomic E-state index is 0.0490. The number of nitrogens with zero attached hydrogens (tertiary/aromatic N) is 2. The second-order valence-corrected chi connectivity index (χ2v) is 4.79. The molecule has 5 nitrogen and oxygen atoms in total. The summed E-state index contributed by atoms with van der Waals surface area (Å²) in [5, 5.41) is 20.0. The number of aryl methyl sites for hydroxylation is 1. The molecule has 0 unspecified atom stereocenters. The maximum absolute atomic E-state index is 11.0. The summed E-state index contributed by atoms with van der Waals surface area (Å²) in [5.41, 5.74) is 2.10. The number of hydrogen-bond donors (Lipinski definition) is 0. The lowest BCUT2D eigenvalue weighted by molar-refractivity contribution is -0.385. The molecule has 2 aromatic carbocycles. The van der Waals surface area contributed by atoms with Crippen LogP contribution in [0.3, 0.4) is 0 Å². The molecule has 0 saturated carbocycles. The Balaban J connectivity index is 2.25. The predicted molar refractivity (Wildman–Crippen MR) is 78.3 cm³/mol. The lowest BCUT2D eigenvalue weighted by Gasteiger charge is -2.10. The van der Waals surface area contributed by atoms with Crippen LogP contribution >= 0.6 is 11.6 Å². The van der Waals surface area contributed by atoms with E-state index in [0.29, 0.717) is 5.56 Å². The summed E-state index contributed by atoms with van der Waals surface area (Å²) in [5.74, 6) is 0.0490. The van der Waals surface area contributed by atoms with Gasteiger partial charge in [0.2, 0.25) is 5.75 Å². The van der Waals surface area contributed by atoms with E-state index in [2.05, 4.69) is 6.07 Å². The van der Waals surface area contributed by atoms with Gasteiger partial charge in [0, 0.05) is 6.07 Å². The molecule has 0 aliphatic carbocycles. The molecular formula is C15H11ClN2O3. The molecule has 2 aromatic rings. The van der Waals surface area contributed by atoms with Crippen molar-refractivity contribution in [2.24, 2.45) is 0 Å². The normalized spacial score (nSPS) is 9.95. The standard InChI is InChI=1S/C15H11ClN2O3/c1-10-7-11(8-17)5-6-12(10)9-21-15-13(16)3-2-4-14(15)18(19)20/h2-7H,9H2,1H3. The van der Waals surface area contributed by atoms with Gasteiger partial charge >= 0.3 is 5.69 Å². The number of hydrogen-bond acceptors (Lipinski definition) is 4. The summed E-state index contributed by atoms with van der Waals surface area (Å²) in [4.78, 5) is 10.4. The monoisotopic (exact) mass is 302 g/mol. The van der Waals surface area contributed by atoms with Gasteiger partial charge in [-0.05, 0) is 36.2 Å². The fourth-order valence-electron chi connectivity index (χ4n) is 1.86. The topological polar surface area (TPSA) is 76.2 Å². The zero-order valence-corrected chi connectivity index (χ0v) is 11.9. The first-order valence-corrected chi connectivity index (χ1v) is 6.46. The summed E-state index contributed by atoms with van der Waals surface area (Å²) in [6.45, 7) is 1.99. The lowest BCUT2D eigenvalue weighted by Crippen LogP contribution is -2.01. The Hall–Kier alpha value is -2.58. The van der Waals surface area contributed by atoms with Crippen LogP contribution in [0.2, 0.25) is 5.02 Å².